The average Bonchev–Trinajstić information content (AvgIpc) is 2.47. The van der Waals surface area contributed by atoms with Gasteiger partial charge in [-0.15, -0.1) is 11.3 Å². The zero-order chi connectivity index (χ0) is 9.84. The van der Waals surface area contributed by atoms with Crippen molar-refractivity contribution in [3.63, 3.8) is 0 Å². The Morgan fingerprint density at radius 1 is 1.77 bits per heavy atom. The summed E-state index contributed by atoms with van der Waals surface area (Å²) < 4.78 is 0.585. The number of carbonyl (C=O) groups excluding carboxylic acids is 1. The van der Waals surface area contributed by atoms with E-state index in [1.54, 1.807) is 19.1 Å². The molecule has 0 saturated carbocycles. The maximum atomic E-state index is 11.3. The van der Waals surface area contributed by atoms with Crippen LogP contribution in [0.4, 0.5) is 0 Å². The van der Waals surface area contributed by atoms with Gasteiger partial charge in [-0.25, -0.2) is 0 Å². The second kappa shape index (κ2) is 4.60. The van der Waals surface area contributed by atoms with Crippen LogP contribution in [0.15, 0.2) is 12.1 Å². The van der Waals surface area contributed by atoms with E-state index in [0.717, 1.165) is 0 Å². The third-order valence-corrected chi connectivity index (χ3v) is 2.58. The highest BCUT2D eigenvalue weighted by Crippen LogP contribution is 2.20. The Morgan fingerprint density at radius 2 is 2.46 bits per heavy atom. The second-order valence-electron chi connectivity index (χ2n) is 2.66. The van der Waals surface area contributed by atoms with Crippen molar-refractivity contribution < 1.29 is 9.90 Å². The SMILES string of the molecule is C[C@H](O)CNC(=O)c1ccc(Cl)s1. The third-order valence-electron chi connectivity index (χ3n) is 1.36. The van der Waals surface area contributed by atoms with E-state index in [2.05, 4.69) is 5.32 Å². The molecule has 3 nitrogen and oxygen atoms in total. The Hall–Kier alpha value is -0.580. The minimum Gasteiger partial charge on any atom is -0.392 e. The molecule has 13 heavy (non-hydrogen) atoms. The number of amides is 1. The maximum Gasteiger partial charge on any atom is 0.261 e. The summed E-state index contributed by atoms with van der Waals surface area (Å²) in [6, 6.07) is 3.33. The van der Waals surface area contributed by atoms with Gasteiger partial charge in [-0.05, 0) is 19.1 Å². The molecule has 0 radical (unpaired) electrons. The lowest BCUT2D eigenvalue weighted by Gasteiger charge is -2.04. The lowest BCUT2D eigenvalue weighted by molar-refractivity contribution is 0.0928. The first kappa shape index (κ1) is 10.5. The second-order valence-corrected chi connectivity index (χ2v) is 4.38. The summed E-state index contributed by atoms with van der Waals surface area (Å²) in [6.45, 7) is 1.87. The normalized spacial score (nSPS) is 12.5. The average molecular weight is 220 g/mol. The number of thiophene rings is 1. The molecule has 0 aliphatic carbocycles. The third kappa shape index (κ3) is 3.34. The Balaban J connectivity index is 2.49. The minimum atomic E-state index is -0.528. The van der Waals surface area contributed by atoms with Crippen LogP contribution in [0.3, 0.4) is 0 Å². The highest BCUT2D eigenvalue weighted by atomic mass is 35.5. The molecular formula is C8H10ClNO2S. The predicted octanol–water partition coefficient (Wildman–Crippen LogP) is 1.51. The van der Waals surface area contributed by atoms with Crippen molar-refractivity contribution in [3.05, 3.63) is 21.3 Å². The molecule has 0 fully saturated rings. The highest BCUT2D eigenvalue weighted by molar-refractivity contribution is 7.17. The predicted molar refractivity (Wildman–Crippen MR) is 53.3 cm³/mol. The van der Waals surface area contributed by atoms with Crippen molar-refractivity contribution in [2.75, 3.05) is 6.54 Å². The van der Waals surface area contributed by atoms with Crippen molar-refractivity contribution >= 4 is 28.8 Å². The zero-order valence-corrected chi connectivity index (χ0v) is 8.65. The molecule has 2 N–H and O–H groups in total. The Morgan fingerprint density at radius 3 is 2.92 bits per heavy atom. The van der Waals surface area contributed by atoms with Crippen molar-refractivity contribution in [2.24, 2.45) is 0 Å². The van der Waals surface area contributed by atoms with E-state index in [1.165, 1.54) is 11.3 Å². The van der Waals surface area contributed by atoms with Gasteiger partial charge < -0.3 is 10.4 Å². The molecule has 0 bridgehead atoms. The topological polar surface area (TPSA) is 49.3 Å². The largest absolute Gasteiger partial charge is 0.392 e. The molecule has 0 spiro atoms. The Kier molecular flexibility index (Phi) is 3.71. The number of hydrogen-bond acceptors (Lipinski definition) is 3. The van der Waals surface area contributed by atoms with Crippen LogP contribution < -0.4 is 5.32 Å². The van der Waals surface area contributed by atoms with Gasteiger partial charge in [0.15, 0.2) is 0 Å². The lowest BCUT2D eigenvalue weighted by Crippen LogP contribution is -2.29. The molecule has 1 aromatic heterocycles. The lowest BCUT2D eigenvalue weighted by atomic mass is 10.4. The van der Waals surface area contributed by atoms with Crippen LogP contribution in [0.2, 0.25) is 4.34 Å². The number of halogens is 1. The van der Waals surface area contributed by atoms with Crippen LogP contribution in [0.25, 0.3) is 0 Å². The van der Waals surface area contributed by atoms with E-state index in [9.17, 15) is 4.79 Å². The molecule has 0 aromatic carbocycles. The van der Waals surface area contributed by atoms with Crippen molar-refractivity contribution in [2.45, 2.75) is 13.0 Å². The number of aliphatic hydroxyl groups excluding tert-OH is 1. The minimum absolute atomic E-state index is 0.196. The number of carbonyl (C=O) groups is 1. The number of hydrogen-bond donors (Lipinski definition) is 2. The van der Waals surface area contributed by atoms with Crippen LogP contribution in [0.5, 0.6) is 0 Å². The fourth-order valence-electron chi connectivity index (χ4n) is 0.764. The summed E-state index contributed by atoms with van der Waals surface area (Å²) in [5, 5.41) is 11.5. The molecule has 5 heteroatoms. The standard InChI is InChI=1S/C8H10ClNO2S/c1-5(11)4-10-8(12)6-2-3-7(9)13-6/h2-3,5,11H,4H2,1H3,(H,10,12)/t5-/m0/s1. The molecule has 0 saturated heterocycles. The summed E-state index contributed by atoms with van der Waals surface area (Å²) >= 11 is 6.88. The first-order valence-corrected chi connectivity index (χ1v) is 5.00. The molecule has 0 unspecified atom stereocenters. The van der Waals surface area contributed by atoms with E-state index in [-0.39, 0.29) is 12.5 Å². The quantitative estimate of drug-likeness (QED) is 0.810. The van der Waals surface area contributed by atoms with Crippen molar-refractivity contribution in [1.82, 2.24) is 5.32 Å². The van der Waals surface area contributed by atoms with Crippen molar-refractivity contribution in [3.8, 4) is 0 Å². The molecule has 1 atom stereocenters. The van der Waals surface area contributed by atoms with Crippen LogP contribution in [-0.2, 0) is 0 Å². The molecule has 1 rings (SSSR count). The Labute approximate surface area is 85.3 Å². The Bertz CT molecular complexity index is 298. The summed E-state index contributed by atoms with van der Waals surface area (Å²) in [4.78, 5) is 11.9. The van der Waals surface area contributed by atoms with Gasteiger partial charge in [-0.3, -0.25) is 4.79 Å². The van der Waals surface area contributed by atoms with E-state index in [0.29, 0.717) is 9.21 Å². The molecular weight excluding hydrogens is 210 g/mol. The fourth-order valence-corrected chi connectivity index (χ4v) is 1.72. The molecule has 0 aliphatic rings. The van der Waals surface area contributed by atoms with Crippen LogP contribution >= 0.6 is 22.9 Å². The maximum absolute atomic E-state index is 11.3. The fraction of sp³-hybridized carbons (Fsp3) is 0.375. The summed E-state index contributed by atoms with van der Waals surface area (Å²) in [7, 11) is 0. The first-order chi connectivity index (χ1) is 6.09. The van der Waals surface area contributed by atoms with Gasteiger partial charge in [-0.1, -0.05) is 11.6 Å². The van der Waals surface area contributed by atoms with E-state index in [4.69, 9.17) is 16.7 Å². The first-order valence-electron chi connectivity index (χ1n) is 3.81. The number of nitrogens with one attached hydrogen (secondary N) is 1. The van der Waals surface area contributed by atoms with E-state index >= 15 is 0 Å². The molecule has 1 heterocycles. The van der Waals surface area contributed by atoms with Gasteiger partial charge in [0.1, 0.15) is 0 Å². The summed E-state index contributed by atoms with van der Waals surface area (Å²) in [5.74, 6) is -0.196. The van der Waals surface area contributed by atoms with E-state index in [1.807, 2.05) is 0 Å². The smallest absolute Gasteiger partial charge is 0.261 e. The molecule has 1 amide bonds. The highest BCUT2D eigenvalue weighted by Gasteiger charge is 2.08. The zero-order valence-electron chi connectivity index (χ0n) is 7.08. The number of rotatable bonds is 3. The van der Waals surface area contributed by atoms with Crippen LogP contribution in [0.1, 0.15) is 16.6 Å². The van der Waals surface area contributed by atoms with Gasteiger partial charge in [-0.2, -0.15) is 0 Å². The summed E-state index contributed by atoms with van der Waals surface area (Å²) in [5.41, 5.74) is 0. The number of aliphatic hydroxyl groups is 1. The van der Waals surface area contributed by atoms with Gasteiger partial charge in [0.05, 0.1) is 15.3 Å². The molecule has 0 aliphatic heterocycles. The van der Waals surface area contributed by atoms with Crippen molar-refractivity contribution in [1.29, 1.82) is 0 Å². The van der Waals surface area contributed by atoms with Crippen LogP contribution in [-0.4, -0.2) is 23.7 Å². The monoisotopic (exact) mass is 219 g/mol. The van der Waals surface area contributed by atoms with Gasteiger partial charge in [0.2, 0.25) is 0 Å². The summed E-state index contributed by atoms with van der Waals surface area (Å²) in [6.07, 6.45) is -0.528. The molecule has 72 valence electrons. The molecule has 1 aromatic rings. The van der Waals surface area contributed by atoms with Gasteiger partial charge in [0, 0.05) is 6.54 Å². The van der Waals surface area contributed by atoms with Gasteiger partial charge in [0.25, 0.3) is 5.91 Å². The van der Waals surface area contributed by atoms with Crippen LogP contribution in [0, 0.1) is 0 Å². The van der Waals surface area contributed by atoms with E-state index < -0.39 is 6.10 Å². The van der Waals surface area contributed by atoms with Gasteiger partial charge >= 0.3 is 0 Å².